The Morgan fingerprint density at radius 2 is 1.79 bits per heavy atom. The van der Waals surface area contributed by atoms with Crippen LogP contribution in [0.3, 0.4) is 0 Å². The zero-order valence-corrected chi connectivity index (χ0v) is 10.9. The summed E-state index contributed by atoms with van der Waals surface area (Å²) >= 11 is 0. The number of esters is 2. The Bertz CT molecular complexity index is 541. The number of methoxy groups -OCH3 is 2. The van der Waals surface area contributed by atoms with Gasteiger partial charge in [0.25, 0.3) is 0 Å². The first-order valence-electron chi connectivity index (χ1n) is 6.06. The molecule has 1 saturated carbocycles. The van der Waals surface area contributed by atoms with Crippen molar-refractivity contribution >= 4 is 17.7 Å². The third-order valence-corrected chi connectivity index (χ3v) is 4.53. The lowest BCUT2D eigenvalue weighted by molar-refractivity contribution is -0.141. The van der Waals surface area contributed by atoms with Gasteiger partial charge >= 0.3 is 11.9 Å². The number of rotatable bonds is 2. The van der Waals surface area contributed by atoms with Gasteiger partial charge in [0.1, 0.15) is 5.60 Å². The summed E-state index contributed by atoms with van der Waals surface area (Å²) in [6.45, 7) is 1.68. The number of fused-ring (bicyclic) bond motifs is 3. The Hall–Kier alpha value is -1.69. The normalized spacial score (nSPS) is 33.8. The van der Waals surface area contributed by atoms with E-state index in [-0.39, 0.29) is 16.9 Å². The highest BCUT2D eigenvalue weighted by Crippen LogP contribution is 2.68. The molecular weight excluding hydrogens is 252 g/mol. The molecule has 0 aromatic heterocycles. The molecule has 2 heterocycles. The lowest BCUT2D eigenvalue weighted by Gasteiger charge is -2.29. The fraction of sp³-hybridized carbons (Fsp3) is 0.615. The zero-order chi connectivity index (χ0) is 14.0. The minimum Gasteiger partial charge on any atom is -0.466 e. The molecule has 1 aliphatic carbocycles. The summed E-state index contributed by atoms with van der Waals surface area (Å²) in [5, 5.41) is 0. The van der Waals surface area contributed by atoms with Crippen LogP contribution >= 0.6 is 0 Å². The highest BCUT2D eigenvalue weighted by Gasteiger charge is 2.77. The summed E-state index contributed by atoms with van der Waals surface area (Å²) in [6, 6.07) is 0. The number of ketones is 1. The van der Waals surface area contributed by atoms with Crippen LogP contribution in [-0.4, -0.2) is 43.6 Å². The minimum absolute atomic E-state index is 0.000579. The van der Waals surface area contributed by atoms with Crippen molar-refractivity contribution in [1.29, 1.82) is 0 Å². The van der Waals surface area contributed by atoms with Gasteiger partial charge in [0.2, 0.25) is 0 Å². The van der Waals surface area contributed by atoms with Crippen molar-refractivity contribution in [3.8, 4) is 0 Å². The molecule has 0 radical (unpaired) electrons. The van der Waals surface area contributed by atoms with Gasteiger partial charge in [-0.25, -0.2) is 9.59 Å². The van der Waals surface area contributed by atoms with E-state index in [1.54, 1.807) is 6.92 Å². The van der Waals surface area contributed by atoms with E-state index in [0.717, 1.165) is 0 Å². The Morgan fingerprint density at radius 3 is 2.26 bits per heavy atom. The third kappa shape index (κ3) is 1.18. The summed E-state index contributed by atoms with van der Waals surface area (Å²) < 4.78 is 15.1. The molecule has 0 unspecified atom stereocenters. The third-order valence-electron chi connectivity index (χ3n) is 4.53. The van der Waals surface area contributed by atoms with Crippen molar-refractivity contribution in [1.82, 2.24) is 0 Å². The predicted molar refractivity (Wildman–Crippen MR) is 61.0 cm³/mol. The quantitative estimate of drug-likeness (QED) is 0.662. The summed E-state index contributed by atoms with van der Waals surface area (Å²) in [5.41, 5.74) is -1.58. The van der Waals surface area contributed by atoms with Gasteiger partial charge < -0.3 is 14.2 Å². The van der Waals surface area contributed by atoms with Crippen molar-refractivity contribution in [3.63, 3.8) is 0 Å². The topological polar surface area (TPSA) is 78.9 Å². The van der Waals surface area contributed by atoms with Gasteiger partial charge in [-0.2, -0.15) is 0 Å². The number of Topliss-reactive ketones (excluding diaryl/α,β-unsaturated/α-hetero) is 1. The molecule has 1 spiro atoms. The van der Waals surface area contributed by atoms with Gasteiger partial charge in [0.15, 0.2) is 11.9 Å². The van der Waals surface area contributed by atoms with Gasteiger partial charge in [0, 0.05) is 0 Å². The molecule has 2 bridgehead atoms. The second-order valence-corrected chi connectivity index (χ2v) is 5.25. The second-order valence-electron chi connectivity index (χ2n) is 5.25. The fourth-order valence-corrected chi connectivity index (χ4v) is 3.34. The molecule has 0 aromatic carbocycles. The van der Waals surface area contributed by atoms with Crippen LogP contribution in [0.5, 0.6) is 0 Å². The molecule has 1 saturated heterocycles. The number of ether oxygens (including phenoxy) is 3. The Morgan fingerprint density at radius 1 is 1.21 bits per heavy atom. The molecule has 0 N–H and O–H groups in total. The summed E-state index contributed by atoms with van der Waals surface area (Å²) in [6.07, 6.45) is 0.357. The Balaban J connectivity index is 2.20. The monoisotopic (exact) mass is 266 g/mol. The van der Waals surface area contributed by atoms with Crippen molar-refractivity contribution in [2.45, 2.75) is 31.5 Å². The highest BCUT2D eigenvalue weighted by atomic mass is 16.6. The van der Waals surface area contributed by atoms with E-state index in [1.807, 2.05) is 0 Å². The zero-order valence-electron chi connectivity index (χ0n) is 10.9. The molecule has 2 atom stereocenters. The van der Waals surface area contributed by atoms with Crippen LogP contribution in [0.2, 0.25) is 0 Å². The molecule has 102 valence electrons. The number of carbonyl (C=O) groups excluding carboxylic acids is 3. The van der Waals surface area contributed by atoms with E-state index < -0.39 is 29.1 Å². The lowest BCUT2D eigenvalue weighted by Crippen LogP contribution is -2.44. The van der Waals surface area contributed by atoms with Crippen LogP contribution in [0.1, 0.15) is 19.8 Å². The van der Waals surface area contributed by atoms with E-state index in [0.29, 0.717) is 12.8 Å². The van der Waals surface area contributed by atoms with Crippen LogP contribution in [0, 0.1) is 5.41 Å². The number of carbonyl (C=O) groups is 3. The van der Waals surface area contributed by atoms with Gasteiger partial charge in [0.05, 0.1) is 30.8 Å². The summed E-state index contributed by atoms with van der Waals surface area (Å²) in [5.74, 6) is -1.47. The lowest BCUT2D eigenvalue weighted by atomic mass is 9.72. The molecule has 19 heavy (non-hydrogen) atoms. The van der Waals surface area contributed by atoms with Crippen molar-refractivity contribution in [3.05, 3.63) is 11.1 Å². The first kappa shape index (κ1) is 12.3. The van der Waals surface area contributed by atoms with Crippen molar-refractivity contribution in [2.24, 2.45) is 5.41 Å². The maximum absolute atomic E-state index is 12.3. The predicted octanol–water partition coefficient (Wildman–Crippen LogP) is 0.149. The maximum atomic E-state index is 12.3. The van der Waals surface area contributed by atoms with E-state index in [1.165, 1.54) is 14.2 Å². The SMILES string of the molecule is COC(=O)C1=C(C(=O)OC)[C@@]2(C)O[C@@H]1C(=O)C21CC1. The van der Waals surface area contributed by atoms with Crippen LogP contribution < -0.4 is 0 Å². The van der Waals surface area contributed by atoms with Gasteiger partial charge in [-0.05, 0) is 19.8 Å². The van der Waals surface area contributed by atoms with Crippen molar-refractivity contribution in [2.75, 3.05) is 14.2 Å². The highest BCUT2D eigenvalue weighted by molar-refractivity contribution is 6.14. The molecular formula is C13H14O6. The van der Waals surface area contributed by atoms with E-state index in [2.05, 4.69) is 4.74 Å². The van der Waals surface area contributed by atoms with E-state index in [4.69, 9.17) is 9.47 Å². The average molecular weight is 266 g/mol. The molecule has 2 aliphatic heterocycles. The average Bonchev–Trinajstić information content (AvgIpc) is 3.11. The smallest absolute Gasteiger partial charge is 0.337 e. The van der Waals surface area contributed by atoms with Crippen LogP contribution in [0.25, 0.3) is 0 Å². The summed E-state index contributed by atoms with van der Waals surface area (Å²) in [4.78, 5) is 36.1. The Kier molecular flexibility index (Phi) is 2.24. The first-order chi connectivity index (χ1) is 8.93. The van der Waals surface area contributed by atoms with Gasteiger partial charge in [-0.15, -0.1) is 0 Å². The molecule has 6 nitrogen and oxygen atoms in total. The van der Waals surface area contributed by atoms with Gasteiger partial charge in [-0.3, -0.25) is 4.79 Å². The number of hydrogen-bond acceptors (Lipinski definition) is 6. The molecule has 0 aromatic rings. The van der Waals surface area contributed by atoms with Gasteiger partial charge in [-0.1, -0.05) is 0 Å². The number of hydrogen-bond donors (Lipinski definition) is 0. The largest absolute Gasteiger partial charge is 0.466 e. The standard InChI is InChI=1S/C13H14O6/c1-12-7(11(16)18-3)6(10(15)17-2)8(19-12)9(14)13(12)4-5-13/h8H,4-5H2,1-3H3/t8-,12+/m0/s1. The van der Waals surface area contributed by atoms with Crippen LogP contribution in [0.4, 0.5) is 0 Å². The van der Waals surface area contributed by atoms with Crippen LogP contribution in [0.15, 0.2) is 11.1 Å². The molecule has 3 aliphatic rings. The first-order valence-corrected chi connectivity index (χ1v) is 6.06. The maximum Gasteiger partial charge on any atom is 0.337 e. The summed E-state index contributed by atoms with van der Waals surface area (Å²) in [7, 11) is 2.44. The van der Waals surface area contributed by atoms with Crippen molar-refractivity contribution < 1.29 is 28.6 Å². The molecule has 2 fully saturated rings. The Labute approximate surface area is 109 Å². The fourth-order valence-electron chi connectivity index (χ4n) is 3.34. The van der Waals surface area contributed by atoms with E-state index in [9.17, 15) is 14.4 Å². The van der Waals surface area contributed by atoms with Crippen LogP contribution in [-0.2, 0) is 28.6 Å². The minimum atomic E-state index is -1.06. The molecule has 6 heteroatoms. The molecule has 3 rings (SSSR count). The van der Waals surface area contributed by atoms with E-state index >= 15 is 0 Å². The second kappa shape index (κ2) is 3.45. The molecule has 0 amide bonds.